The Bertz CT molecular complexity index is 274. The van der Waals surface area contributed by atoms with Crippen molar-refractivity contribution in [3.63, 3.8) is 0 Å². The SMILES string of the molecule is COCC(C)n1cc(CCCCN)nn1. The van der Waals surface area contributed by atoms with Gasteiger partial charge in [0.05, 0.1) is 18.3 Å². The highest BCUT2D eigenvalue weighted by Gasteiger charge is 2.07. The first-order valence-corrected chi connectivity index (χ1v) is 5.37. The number of nitrogens with zero attached hydrogens (tertiary/aromatic N) is 3. The van der Waals surface area contributed by atoms with Gasteiger partial charge in [0.15, 0.2) is 0 Å². The maximum atomic E-state index is 5.43. The van der Waals surface area contributed by atoms with Crippen LogP contribution in [-0.2, 0) is 11.2 Å². The van der Waals surface area contributed by atoms with Crippen LogP contribution in [0.15, 0.2) is 6.20 Å². The normalized spacial score (nSPS) is 13.0. The van der Waals surface area contributed by atoms with Crippen LogP contribution in [0.25, 0.3) is 0 Å². The summed E-state index contributed by atoms with van der Waals surface area (Å²) >= 11 is 0. The second-order valence-corrected chi connectivity index (χ2v) is 3.74. The third-order valence-electron chi connectivity index (χ3n) is 2.30. The number of methoxy groups -OCH3 is 1. The highest BCUT2D eigenvalue weighted by Crippen LogP contribution is 2.06. The lowest BCUT2D eigenvalue weighted by Crippen LogP contribution is -2.11. The van der Waals surface area contributed by atoms with Crippen LogP contribution in [0.2, 0.25) is 0 Å². The van der Waals surface area contributed by atoms with Crippen molar-refractivity contribution in [1.82, 2.24) is 15.0 Å². The van der Waals surface area contributed by atoms with Crippen LogP contribution in [0.3, 0.4) is 0 Å². The summed E-state index contributed by atoms with van der Waals surface area (Å²) in [4.78, 5) is 0. The largest absolute Gasteiger partial charge is 0.382 e. The van der Waals surface area contributed by atoms with Crippen LogP contribution in [-0.4, -0.2) is 35.3 Å². The molecule has 0 aliphatic carbocycles. The van der Waals surface area contributed by atoms with Crippen LogP contribution >= 0.6 is 0 Å². The van der Waals surface area contributed by atoms with Crippen LogP contribution in [0.1, 0.15) is 31.5 Å². The van der Waals surface area contributed by atoms with E-state index in [-0.39, 0.29) is 6.04 Å². The molecule has 86 valence electrons. The average molecular weight is 212 g/mol. The Morgan fingerprint density at radius 3 is 3.00 bits per heavy atom. The molecule has 0 spiro atoms. The zero-order valence-corrected chi connectivity index (χ0v) is 9.52. The van der Waals surface area contributed by atoms with E-state index in [9.17, 15) is 0 Å². The van der Waals surface area contributed by atoms with Gasteiger partial charge in [0.25, 0.3) is 0 Å². The van der Waals surface area contributed by atoms with E-state index in [0.717, 1.165) is 31.5 Å². The van der Waals surface area contributed by atoms with Crippen LogP contribution in [0.4, 0.5) is 0 Å². The molecule has 0 saturated carbocycles. The predicted molar refractivity (Wildman–Crippen MR) is 58.6 cm³/mol. The molecule has 0 aliphatic heterocycles. The fraction of sp³-hybridized carbons (Fsp3) is 0.800. The van der Waals surface area contributed by atoms with Gasteiger partial charge >= 0.3 is 0 Å². The van der Waals surface area contributed by atoms with Gasteiger partial charge in [-0.3, -0.25) is 0 Å². The zero-order chi connectivity index (χ0) is 11.1. The number of nitrogens with two attached hydrogens (primary N) is 1. The van der Waals surface area contributed by atoms with E-state index in [2.05, 4.69) is 17.2 Å². The third-order valence-corrected chi connectivity index (χ3v) is 2.30. The maximum absolute atomic E-state index is 5.43. The minimum atomic E-state index is 0.241. The lowest BCUT2D eigenvalue weighted by Gasteiger charge is -2.08. The summed E-state index contributed by atoms with van der Waals surface area (Å²) in [6, 6.07) is 0.241. The number of rotatable bonds is 7. The molecular formula is C10H20N4O. The van der Waals surface area contributed by atoms with Gasteiger partial charge in [-0.05, 0) is 32.7 Å². The van der Waals surface area contributed by atoms with Gasteiger partial charge in [-0.1, -0.05) is 5.21 Å². The summed E-state index contributed by atoms with van der Waals surface area (Å²) in [7, 11) is 1.69. The van der Waals surface area contributed by atoms with Crippen molar-refractivity contribution in [3.05, 3.63) is 11.9 Å². The molecule has 0 aliphatic rings. The van der Waals surface area contributed by atoms with Gasteiger partial charge < -0.3 is 10.5 Å². The molecule has 0 radical (unpaired) electrons. The number of aryl methyl sites for hydroxylation is 1. The van der Waals surface area contributed by atoms with E-state index >= 15 is 0 Å². The lowest BCUT2D eigenvalue weighted by molar-refractivity contribution is 0.156. The average Bonchev–Trinajstić information content (AvgIpc) is 2.67. The van der Waals surface area contributed by atoms with Gasteiger partial charge in [0, 0.05) is 13.3 Å². The molecule has 1 aromatic heterocycles. The summed E-state index contributed by atoms with van der Waals surface area (Å²) in [5.74, 6) is 0. The summed E-state index contributed by atoms with van der Waals surface area (Å²) in [6.07, 6.45) is 5.06. The molecule has 1 rings (SSSR count). The van der Waals surface area contributed by atoms with Gasteiger partial charge in [0.2, 0.25) is 0 Å². The minimum Gasteiger partial charge on any atom is -0.382 e. The Balaban J connectivity index is 2.41. The molecule has 0 amide bonds. The molecule has 1 atom stereocenters. The van der Waals surface area contributed by atoms with Crippen LogP contribution in [0.5, 0.6) is 0 Å². The van der Waals surface area contributed by atoms with E-state index in [1.807, 2.05) is 10.9 Å². The molecule has 0 saturated heterocycles. The van der Waals surface area contributed by atoms with E-state index in [1.54, 1.807) is 7.11 Å². The maximum Gasteiger partial charge on any atom is 0.0827 e. The zero-order valence-electron chi connectivity index (χ0n) is 9.52. The number of unbranched alkanes of at least 4 members (excludes halogenated alkanes) is 1. The van der Waals surface area contributed by atoms with Crippen molar-refractivity contribution in [2.45, 2.75) is 32.2 Å². The van der Waals surface area contributed by atoms with E-state index < -0.39 is 0 Å². The van der Waals surface area contributed by atoms with Crippen molar-refractivity contribution in [1.29, 1.82) is 0 Å². The van der Waals surface area contributed by atoms with Gasteiger partial charge in [-0.15, -0.1) is 5.10 Å². The smallest absolute Gasteiger partial charge is 0.0827 e. The Kier molecular flexibility index (Phi) is 5.28. The first-order chi connectivity index (χ1) is 7.27. The first kappa shape index (κ1) is 12.1. The van der Waals surface area contributed by atoms with E-state index in [1.165, 1.54) is 0 Å². The molecule has 1 heterocycles. The number of hydrogen-bond acceptors (Lipinski definition) is 4. The topological polar surface area (TPSA) is 66.0 Å². The number of ether oxygens (including phenoxy) is 1. The second-order valence-electron chi connectivity index (χ2n) is 3.74. The van der Waals surface area contributed by atoms with Crippen molar-refractivity contribution in [2.75, 3.05) is 20.3 Å². The van der Waals surface area contributed by atoms with Crippen molar-refractivity contribution in [3.8, 4) is 0 Å². The third kappa shape index (κ3) is 3.97. The molecule has 0 bridgehead atoms. The Morgan fingerprint density at radius 2 is 2.33 bits per heavy atom. The molecule has 1 aromatic rings. The van der Waals surface area contributed by atoms with Crippen LogP contribution in [0, 0.1) is 0 Å². The molecule has 0 fully saturated rings. The molecule has 5 nitrogen and oxygen atoms in total. The lowest BCUT2D eigenvalue weighted by atomic mass is 10.2. The summed E-state index contributed by atoms with van der Waals surface area (Å²) in [5.41, 5.74) is 6.46. The molecular weight excluding hydrogens is 192 g/mol. The molecule has 2 N–H and O–H groups in total. The molecule has 1 unspecified atom stereocenters. The predicted octanol–water partition coefficient (Wildman–Crippen LogP) is 0.767. The standard InChI is InChI=1S/C10H20N4O/c1-9(8-15-2)14-7-10(12-13-14)5-3-4-6-11/h7,9H,3-6,8,11H2,1-2H3. The highest BCUT2D eigenvalue weighted by molar-refractivity contribution is 4.93. The molecule has 5 heteroatoms. The molecule has 0 aromatic carbocycles. The Hall–Kier alpha value is -0.940. The fourth-order valence-electron chi connectivity index (χ4n) is 1.41. The van der Waals surface area contributed by atoms with Gasteiger partial charge in [-0.25, -0.2) is 4.68 Å². The second kappa shape index (κ2) is 6.53. The number of aromatic nitrogens is 3. The van der Waals surface area contributed by atoms with Crippen molar-refractivity contribution < 1.29 is 4.74 Å². The van der Waals surface area contributed by atoms with Gasteiger partial charge in [0.1, 0.15) is 0 Å². The highest BCUT2D eigenvalue weighted by atomic mass is 16.5. The number of hydrogen-bond donors (Lipinski definition) is 1. The van der Waals surface area contributed by atoms with E-state index in [0.29, 0.717) is 6.61 Å². The monoisotopic (exact) mass is 212 g/mol. The minimum absolute atomic E-state index is 0.241. The van der Waals surface area contributed by atoms with Crippen LogP contribution < -0.4 is 5.73 Å². The fourth-order valence-corrected chi connectivity index (χ4v) is 1.41. The van der Waals surface area contributed by atoms with Gasteiger partial charge in [-0.2, -0.15) is 0 Å². The van der Waals surface area contributed by atoms with Crippen molar-refractivity contribution >= 4 is 0 Å². The Morgan fingerprint density at radius 1 is 1.53 bits per heavy atom. The van der Waals surface area contributed by atoms with E-state index in [4.69, 9.17) is 10.5 Å². The summed E-state index contributed by atoms with van der Waals surface area (Å²) in [6.45, 7) is 3.46. The van der Waals surface area contributed by atoms with Crippen molar-refractivity contribution in [2.24, 2.45) is 5.73 Å². The Labute approximate surface area is 90.6 Å². The quantitative estimate of drug-likeness (QED) is 0.678. The summed E-state index contributed by atoms with van der Waals surface area (Å²) < 4.78 is 6.91. The summed E-state index contributed by atoms with van der Waals surface area (Å²) in [5, 5.41) is 8.18. The first-order valence-electron chi connectivity index (χ1n) is 5.37. The molecule has 15 heavy (non-hydrogen) atoms.